The number of carbonyl (C=O) groups excluding carboxylic acids is 2. The largest absolute Gasteiger partial charge is 0.334 e. The Morgan fingerprint density at radius 3 is 2.83 bits per heavy atom. The number of hydrogen-bond acceptors (Lipinski definition) is 4. The van der Waals surface area contributed by atoms with Crippen molar-refractivity contribution in [2.24, 2.45) is 0 Å². The topological polar surface area (TPSA) is 73.2 Å². The minimum Gasteiger partial charge on any atom is -0.334 e. The molecule has 144 valence electrons. The normalized spacial score (nSPS) is 12.8. The SMILES string of the molecule is Cc1c(NC(=O)c2cccc(C#N)c2)cccc1C(=O)N1CCc2sccc2C1. The van der Waals surface area contributed by atoms with E-state index in [1.165, 1.54) is 10.4 Å². The van der Waals surface area contributed by atoms with Gasteiger partial charge in [0, 0.05) is 34.8 Å². The molecule has 3 aromatic rings. The second kappa shape index (κ2) is 7.90. The van der Waals surface area contributed by atoms with E-state index < -0.39 is 0 Å². The molecule has 0 unspecified atom stereocenters. The van der Waals surface area contributed by atoms with Crippen molar-refractivity contribution in [3.63, 3.8) is 0 Å². The van der Waals surface area contributed by atoms with Crippen LogP contribution in [0.5, 0.6) is 0 Å². The molecule has 5 nitrogen and oxygen atoms in total. The Balaban J connectivity index is 1.55. The second-order valence-electron chi connectivity index (χ2n) is 6.97. The number of fused-ring (bicyclic) bond motifs is 1. The average Bonchev–Trinajstić information content (AvgIpc) is 3.22. The Morgan fingerprint density at radius 2 is 2.00 bits per heavy atom. The van der Waals surface area contributed by atoms with Crippen LogP contribution in [0, 0.1) is 18.3 Å². The number of nitrogens with one attached hydrogen (secondary N) is 1. The molecule has 0 saturated carbocycles. The van der Waals surface area contributed by atoms with Gasteiger partial charge in [-0.05, 0) is 66.2 Å². The van der Waals surface area contributed by atoms with Gasteiger partial charge in [0.25, 0.3) is 11.8 Å². The van der Waals surface area contributed by atoms with Crippen LogP contribution in [-0.2, 0) is 13.0 Å². The Morgan fingerprint density at radius 1 is 1.17 bits per heavy atom. The van der Waals surface area contributed by atoms with Gasteiger partial charge in [-0.25, -0.2) is 0 Å². The highest BCUT2D eigenvalue weighted by Gasteiger charge is 2.24. The summed E-state index contributed by atoms with van der Waals surface area (Å²) >= 11 is 1.74. The summed E-state index contributed by atoms with van der Waals surface area (Å²) < 4.78 is 0. The lowest BCUT2D eigenvalue weighted by atomic mass is 10.0. The third-order valence-corrected chi connectivity index (χ3v) is 6.18. The van der Waals surface area contributed by atoms with Crippen molar-refractivity contribution in [2.45, 2.75) is 19.9 Å². The van der Waals surface area contributed by atoms with Crippen molar-refractivity contribution < 1.29 is 9.59 Å². The highest BCUT2D eigenvalue weighted by molar-refractivity contribution is 7.10. The number of nitriles is 1. The lowest BCUT2D eigenvalue weighted by Gasteiger charge is -2.28. The van der Waals surface area contributed by atoms with Gasteiger partial charge in [-0.15, -0.1) is 11.3 Å². The third-order valence-electron chi connectivity index (χ3n) is 5.16. The minimum absolute atomic E-state index is 0.0260. The molecule has 0 spiro atoms. The van der Waals surface area contributed by atoms with Gasteiger partial charge >= 0.3 is 0 Å². The van der Waals surface area contributed by atoms with E-state index >= 15 is 0 Å². The van der Waals surface area contributed by atoms with Crippen molar-refractivity contribution in [3.8, 4) is 6.07 Å². The van der Waals surface area contributed by atoms with Crippen molar-refractivity contribution in [1.29, 1.82) is 5.26 Å². The number of anilines is 1. The van der Waals surface area contributed by atoms with Gasteiger partial charge in [-0.1, -0.05) is 12.1 Å². The van der Waals surface area contributed by atoms with Gasteiger partial charge in [0.05, 0.1) is 11.6 Å². The first-order valence-corrected chi connectivity index (χ1v) is 10.2. The maximum atomic E-state index is 13.1. The molecular formula is C23H19N3O2S. The monoisotopic (exact) mass is 401 g/mol. The first-order valence-electron chi connectivity index (χ1n) is 9.32. The van der Waals surface area contributed by atoms with Crippen LogP contribution in [0.2, 0.25) is 0 Å². The summed E-state index contributed by atoms with van der Waals surface area (Å²) in [5.41, 5.74) is 3.97. The van der Waals surface area contributed by atoms with Crippen LogP contribution in [0.15, 0.2) is 53.9 Å². The van der Waals surface area contributed by atoms with E-state index in [0.29, 0.717) is 35.5 Å². The van der Waals surface area contributed by atoms with Gasteiger partial charge in [-0.2, -0.15) is 5.26 Å². The van der Waals surface area contributed by atoms with Crippen molar-refractivity contribution in [2.75, 3.05) is 11.9 Å². The summed E-state index contributed by atoms with van der Waals surface area (Å²) in [5.74, 6) is -0.336. The molecule has 1 aliphatic rings. The lowest BCUT2D eigenvalue weighted by molar-refractivity contribution is 0.0735. The summed E-state index contributed by atoms with van der Waals surface area (Å²) in [6, 6.07) is 16.0. The van der Waals surface area contributed by atoms with Crippen LogP contribution in [0.4, 0.5) is 5.69 Å². The van der Waals surface area contributed by atoms with Gasteiger partial charge < -0.3 is 10.2 Å². The fourth-order valence-corrected chi connectivity index (χ4v) is 4.41. The van der Waals surface area contributed by atoms with Crippen LogP contribution in [0.3, 0.4) is 0 Å². The molecule has 2 amide bonds. The van der Waals surface area contributed by atoms with Gasteiger partial charge in [-0.3, -0.25) is 9.59 Å². The van der Waals surface area contributed by atoms with Crippen LogP contribution in [0.25, 0.3) is 0 Å². The van der Waals surface area contributed by atoms with Gasteiger partial charge in [0.1, 0.15) is 0 Å². The summed E-state index contributed by atoms with van der Waals surface area (Å²) in [4.78, 5) is 28.9. The van der Waals surface area contributed by atoms with E-state index in [1.807, 2.05) is 17.9 Å². The maximum absolute atomic E-state index is 13.1. The van der Waals surface area contributed by atoms with E-state index in [-0.39, 0.29) is 11.8 Å². The second-order valence-corrected chi connectivity index (χ2v) is 7.97. The number of nitrogens with zero attached hydrogens (tertiary/aromatic N) is 2. The molecule has 6 heteroatoms. The predicted molar refractivity (Wildman–Crippen MR) is 113 cm³/mol. The Hall–Kier alpha value is -3.43. The molecule has 0 radical (unpaired) electrons. The zero-order chi connectivity index (χ0) is 20.4. The smallest absolute Gasteiger partial charge is 0.255 e. The molecule has 2 heterocycles. The number of carbonyl (C=O) groups is 2. The highest BCUT2D eigenvalue weighted by atomic mass is 32.1. The minimum atomic E-state index is -0.310. The molecule has 29 heavy (non-hydrogen) atoms. The first kappa shape index (κ1) is 18.9. The number of hydrogen-bond donors (Lipinski definition) is 1. The first-order chi connectivity index (χ1) is 14.1. The fourth-order valence-electron chi connectivity index (χ4n) is 3.52. The van der Waals surface area contributed by atoms with E-state index in [9.17, 15) is 9.59 Å². The zero-order valence-electron chi connectivity index (χ0n) is 15.9. The number of amides is 2. The lowest BCUT2D eigenvalue weighted by Crippen LogP contribution is -2.35. The summed E-state index contributed by atoms with van der Waals surface area (Å²) in [7, 11) is 0. The van der Waals surface area contributed by atoms with Crippen LogP contribution >= 0.6 is 11.3 Å². The average molecular weight is 401 g/mol. The molecular weight excluding hydrogens is 382 g/mol. The molecule has 1 aliphatic heterocycles. The predicted octanol–water partition coefficient (Wildman–Crippen LogP) is 4.38. The quantitative estimate of drug-likeness (QED) is 0.708. The van der Waals surface area contributed by atoms with Crippen molar-refractivity contribution in [1.82, 2.24) is 4.90 Å². The van der Waals surface area contributed by atoms with Gasteiger partial charge in [0.15, 0.2) is 0 Å². The fraction of sp³-hybridized carbons (Fsp3) is 0.174. The Labute approximate surface area is 173 Å². The Kier molecular flexibility index (Phi) is 5.15. The van der Waals surface area contributed by atoms with Crippen LogP contribution in [0.1, 0.15) is 42.3 Å². The molecule has 0 fully saturated rings. The number of benzene rings is 2. The molecule has 0 saturated heterocycles. The third kappa shape index (κ3) is 3.78. The van der Waals surface area contributed by atoms with Crippen molar-refractivity contribution >= 4 is 28.8 Å². The van der Waals surface area contributed by atoms with E-state index in [1.54, 1.807) is 53.8 Å². The summed E-state index contributed by atoms with van der Waals surface area (Å²) in [6.07, 6.45) is 0.878. The molecule has 4 rings (SSSR count). The summed E-state index contributed by atoms with van der Waals surface area (Å²) in [6.45, 7) is 3.16. The number of rotatable bonds is 3. The molecule has 0 atom stereocenters. The molecule has 0 aliphatic carbocycles. The van der Waals surface area contributed by atoms with E-state index in [2.05, 4.69) is 16.8 Å². The molecule has 1 N–H and O–H groups in total. The standard InChI is InChI=1S/C23H19N3O2S/c1-15-19(23(28)26-10-8-21-18(14-26)9-11-29-21)6-3-7-20(15)25-22(27)17-5-2-4-16(12-17)13-24/h2-7,9,11-12H,8,10,14H2,1H3,(H,25,27). The van der Waals surface area contributed by atoms with Crippen LogP contribution in [-0.4, -0.2) is 23.3 Å². The Bertz CT molecular complexity index is 1140. The van der Waals surface area contributed by atoms with Crippen LogP contribution < -0.4 is 5.32 Å². The summed E-state index contributed by atoms with van der Waals surface area (Å²) in [5, 5.41) is 14.0. The molecule has 0 bridgehead atoms. The molecule has 1 aromatic heterocycles. The maximum Gasteiger partial charge on any atom is 0.255 e. The zero-order valence-corrected chi connectivity index (χ0v) is 16.8. The number of thiophene rings is 1. The highest BCUT2D eigenvalue weighted by Crippen LogP contribution is 2.27. The van der Waals surface area contributed by atoms with Crippen molar-refractivity contribution in [3.05, 3.63) is 86.6 Å². The van der Waals surface area contributed by atoms with Gasteiger partial charge in [0.2, 0.25) is 0 Å². The molecule has 2 aromatic carbocycles. The van der Waals surface area contributed by atoms with E-state index in [4.69, 9.17) is 5.26 Å². The van der Waals surface area contributed by atoms with E-state index in [0.717, 1.165) is 12.0 Å².